The second-order valence-corrected chi connectivity index (χ2v) is 6.06. The largest absolute Gasteiger partial charge is 0.370 e. The van der Waals surface area contributed by atoms with Crippen LogP contribution in [-0.2, 0) is 0 Å². The molecule has 0 saturated heterocycles. The van der Waals surface area contributed by atoms with Crippen molar-refractivity contribution in [1.29, 1.82) is 0 Å². The van der Waals surface area contributed by atoms with E-state index in [0.717, 1.165) is 30.0 Å². The molecule has 0 fully saturated rings. The average Bonchev–Trinajstić information content (AvgIpc) is 2.44. The molecular weight excluding hydrogens is 333 g/mol. The van der Waals surface area contributed by atoms with E-state index >= 15 is 0 Å². The third kappa shape index (κ3) is 4.00. The fourth-order valence-electron chi connectivity index (χ4n) is 1.90. The van der Waals surface area contributed by atoms with E-state index in [1.807, 2.05) is 6.07 Å². The fourth-order valence-corrected chi connectivity index (χ4v) is 2.42. The van der Waals surface area contributed by atoms with Gasteiger partial charge in [0.1, 0.15) is 11.6 Å². The molecule has 0 aliphatic heterocycles. The standard InChI is InChI=1S/C16H19BrFN3/c1-4-7-19-15-9-14(10(2)3)20-16(21-15)12-6-5-11(18)8-13(12)17/h5-6,8-10H,4,7H2,1-3H3,(H,19,20,21). The molecule has 0 saturated carbocycles. The van der Waals surface area contributed by atoms with Gasteiger partial charge in [-0.1, -0.05) is 20.8 Å². The Labute approximate surface area is 133 Å². The molecule has 5 heteroatoms. The predicted octanol–water partition coefficient (Wildman–Crippen LogP) is 4.99. The van der Waals surface area contributed by atoms with E-state index in [-0.39, 0.29) is 5.82 Å². The minimum atomic E-state index is -0.282. The number of halogens is 2. The van der Waals surface area contributed by atoms with Crippen molar-refractivity contribution in [3.05, 3.63) is 40.2 Å². The molecule has 0 amide bonds. The Morgan fingerprint density at radius 2 is 2.00 bits per heavy atom. The van der Waals surface area contributed by atoms with Crippen LogP contribution in [-0.4, -0.2) is 16.5 Å². The monoisotopic (exact) mass is 351 g/mol. The first-order chi connectivity index (χ1) is 10.0. The number of benzene rings is 1. The Kier molecular flexibility index (Phi) is 5.28. The van der Waals surface area contributed by atoms with Crippen LogP contribution in [0.5, 0.6) is 0 Å². The van der Waals surface area contributed by atoms with Crippen LogP contribution in [0, 0.1) is 5.82 Å². The highest BCUT2D eigenvalue weighted by molar-refractivity contribution is 9.10. The zero-order chi connectivity index (χ0) is 15.4. The number of anilines is 1. The number of rotatable bonds is 5. The molecule has 0 spiro atoms. The molecule has 0 aliphatic carbocycles. The summed E-state index contributed by atoms with van der Waals surface area (Å²) >= 11 is 3.38. The fraction of sp³-hybridized carbons (Fsp3) is 0.375. The minimum absolute atomic E-state index is 0.282. The van der Waals surface area contributed by atoms with Crippen LogP contribution in [0.2, 0.25) is 0 Å². The van der Waals surface area contributed by atoms with Crippen LogP contribution in [0.15, 0.2) is 28.7 Å². The Morgan fingerprint density at radius 3 is 2.62 bits per heavy atom. The quantitative estimate of drug-likeness (QED) is 0.824. The van der Waals surface area contributed by atoms with Crippen molar-refractivity contribution in [2.24, 2.45) is 0 Å². The van der Waals surface area contributed by atoms with Gasteiger partial charge in [0.25, 0.3) is 0 Å². The number of nitrogens with zero attached hydrogens (tertiary/aromatic N) is 2. The lowest BCUT2D eigenvalue weighted by Gasteiger charge is -2.12. The Hall–Kier alpha value is -1.49. The molecule has 2 aromatic rings. The molecule has 112 valence electrons. The third-order valence-electron chi connectivity index (χ3n) is 3.07. The van der Waals surface area contributed by atoms with Gasteiger partial charge in [-0.25, -0.2) is 14.4 Å². The maximum atomic E-state index is 13.2. The molecule has 0 aliphatic rings. The lowest BCUT2D eigenvalue weighted by molar-refractivity contribution is 0.627. The first kappa shape index (κ1) is 15.9. The minimum Gasteiger partial charge on any atom is -0.370 e. The van der Waals surface area contributed by atoms with E-state index in [1.54, 1.807) is 6.07 Å². The first-order valence-corrected chi connectivity index (χ1v) is 7.88. The first-order valence-electron chi connectivity index (χ1n) is 7.09. The van der Waals surface area contributed by atoms with Crippen molar-refractivity contribution in [2.45, 2.75) is 33.1 Å². The molecule has 1 aromatic carbocycles. The molecule has 1 heterocycles. The van der Waals surface area contributed by atoms with Gasteiger partial charge >= 0.3 is 0 Å². The molecule has 3 nitrogen and oxygen atoms in total. The van der Waals surface area contributed by atoms with Gasteiger partial charge in [-0.3, -0.25) is 0 Å². The van der Waals surface area contributed by atoms with Gasteiger partial charge < -0.3 is 5.32 Å². The number of aromatic nitrogens is 2. The van der Waals surface area contributed by atoms with Gasteiger partial charge in [0.15, 0.2) is 5.82 Å². The van der Waals surface area contributed by atoms with Crippen LogP contribution >= 0.6 is 15.9 Å². The predicted molar refractivity (Wildman–Crippen MR) is 88.0 cm³/mol. The smallest absolute Gasteiger partial charge is 0.162 e. The summed E-state index contributed by atoms with van der Waals surface area (Å²) in [6.07, 6.45) is 1.02. The maximum Gasteiger partial charge on any atom is 0.162 e. The lowest BCUT2D eigenvalue weighted by atomic mass is 10.1. The van der Waals surface area contributed by atoms with E-state index in [1.165, 1.54) is 12.1 Å². The molecular formula is C16H19BrFN3. The number of hydrogen-bond acceptors (Lipinski definition) is 3. The highest BCUT2D eigenvalue weighted by Gasteiger charge is 2.12. The highest BCUT2D eigenvalue weighted by atomic mass is 79.9. The molecule has 0 bridgehead atoms. The van der Waals surface area contributed by atoms with Crippen molar-refractivity contribution in [1.82, 2.24) is 9.97 Å². The summed E-state index contributed by atoms with van der Waals surface area (Å²) in [5.41, 5.74) is 1.76. The molecule has 1 aromatic heterocycles. The van der Waals surface area contributed by atoms with Crippen LogP contribution < -0.4 is 5.32 Å². The van der Waals surface area contributed by atoms with Crippen molar-refractivity contribution in [2.75, 3.05) is 11.9 Å². The van der Waals surface area contributed by atoms with Gasteiger partial charge in [-0.05, 0) is 46.5 Å². The number of nitrogens with one attached hydrogen (secondary N) is 1. The third-order valence-corrected chi connectivity index (χ3v) is 3.72. The van der Waals surface area contributed by atoms with Crippen LogP contribution in [0.25, 0.3) is 11.4 Å². The van der Waals surface area contributed by atoms with Crippen molar-refractivity contribution >= 4 is 21.7 Å². The topological polar surface area (TPSA) is 37.8 Å². The van der Waals surface area contributed by atoms with E-state index < -0.39 is 0 Å². The van der Waals surface area contributed by atoms with Gasteiger partial charge in [0.2, 0.25) is 0 Å². The SMILES string of the molecule is CCCNc1cc(C(C)C)nc(-c2ccc(F)cc2Br)n1. The van der Waals surface area contributed by atoms with Crippen molar-refractivity contribution in [3.8, 4) is 11.4 Å². The Balaban J connectivity index is 2.48. The number of hydrogen-bond donors (Lipinski definition) is 1. The summed E-state index contributed by atoms with van der Waals surface area (Å²) in [4.78, 5) is 9.14. The Bertz CT molecular complexity index is 629. The summed E-state index contributed by atoms with van der Waals surface area (Å²) in [7, 11) is 0. The highest BCUT2D eigenvalue weighted by Crippen LogP contribution is 2.28. The maximum absolute atomic E-state index is 13.2. The zero-order valence-electron chi connectivity index (χ0n) is 12.5. The van der Waals surface area contributed by atoms with E-state index in [0.29, 0.717) is 16.2 Å². The molecule has 1 N–H and O–H groups in total. The molecule has 21 heavy (non-hydrogen) atoms. The summed E-state index contributed by atoms with van der Waals surface area (Å²) in [6, 6.07) is 6.52. The summed E-state index contributed by atoms with van der Waals surface area (Å²) in [5, 5.41) is 3.29. The van der Waals surface area contributed by atoms with Crippen LogP contribution in [0.1, 0.15) is 38.8 Å². The van der Waals surface area contributed by atoms with Crippen LogP contribution in [0.4, 0.5) is 10.2 Å². The average molecular weight is 352 g/mol. The van der Waals surface area contributed by atoms with Gasteiger partial charge in [-0.15, -0.1) is 0 Å². The molecule has 2 rings (SSSR count). The van der Waals surface area contributed by atoms with Crippen LogP contribution in [0.3, 0.4) is 0 Å². The van der Waals surface area contributed by atoms with Crippen molar-refractivity contribution in [3.63, 3.8) is 0 Å². The van der Waals surface area contributed by atoms with E-state index in [9.17, 15) is 4.39 Å². The second kappa shape index (κ2) is 6.98. The van der Waals surface area contributed by atoms with Crippen molar-refractivity contribution < 1.29 is 4.39 Å². The summed E-state index contributed by atoms with van der Waals surface area (Å²) in [5.74, 6) is 1.43. The normalized spacial score (nSPS) is 11.0. The summed E-state index contributed by atoms with van der Waals surface area (Å²) < 4.78 is 13.9. The molecule has 0 unspecified atom stereocenters. The zero-order valence-corrected chi connectivity index (χ0v) is 14.0. The molecule has 0 atom stereocenters. The lowest BCUT2D eigenvalue weighted by Crippen LogP contribution is -2.06. The van der Waals surface area contributed by atoms with Gasteiger partial charge in [0.05, 0.1) is 0 Å². The van der Waals surface area contributed by atoms with Gasteiger partial charge in [-0.2, -0.15) is 0 Å². The Morgan fingerprint density at radius 1 is 1.24 bits per heavy atom. The van der Waals surface area contributed by atoms with E-state index in [2.05, 4.69) is 52.0 Å². The van der Waals surface area contributed by atoms with Gasteiger partial charge in [0, 0.05) is 28.3 Å². The molecule has 0 radical (unpaired) electrons. The second-order valence-electron chi connectivity index (χ2n) is 5.21. The van der Waals surface area contributed by atoms with E-state index in [4.69, 9.17) is 0 Å². The summed E-state index contributed by atoms with van der Waals surface area (Å²) in [6.45, 7) is 7.15.